The van der Waals surface area contributed by atoms with Crippen LogP contribution in [0.5, 0.6) is 0 Å². The Labute approximate surface area is 128 Å². The average Bonchev–Trinajstić information content (AvgIpc) is 2.52. The van der Waals surface area contributed by atoms with E-state index in [4.69, 9.17) is 0 Å². The molecule has 1 aromatic carbocycles. The molecule has 2 aromatic rings. The van der Waals surface area contributed by atoms with Crippen LogP contribution < -0.4 is 5.32 Å². The SMILES string of the molecule is O=C(O)c1cc([N+](=O)[O-])cc([N+](=O)[O-])c1NCc1cccnc1. The third-order valence-corrected chi connectivity index (χ3v) is 2.93. The lowest BCUT2D eigenvalue weighted by Crippen LogP contribution is -2.10. The van der Waals surface area contributed by atoms with Crippen molar-refractivity contribution in [1.82, 2.24) is 4.98 Å². The third kappa shape index (κ3) is 3.56. The minimum Gasteiger partial charge on any atom is -0.478 e. The van der Waals surface area contributed by atoms with Crippen LogP contribution in [0.15, 0.2) is 36.7 Å². The highest BCUT2D eigenvalue weighted by molar-refractivity contribution is 5.98. The second-order valence-electron chi connectivity index (χ2n) is 4.42. The van der Waals surface area contributed by atoms with Gasteiger partial charge in [-0.05, 0) is 11.6 Å². The van der Waals surface area contributed by atoms with Crippen LogP contribution in [-0.4, -0.2) is 25.9 Å². The van der Waals surface area contributed by atoms with Gasteiger partial charge in [-0.3, -0.25) is 25.2 Å². The molecule has 0 atom stereocenters. The Morgan fingerprint density at radius 1 is 1.26 bits per heavy atom. The number of aromatic nitrogens is 1. The third-order valence-electron chi connectivity index (χ3n) is 2.93. The lowest BCUT2D eigenvalue weighted by atomic mass is 10.1. The Morgan fingerprint density at radius 3 is 2.52 bits per heavy atom. The fourth-order valence-electron chi connectivity index (χ4n) is 1.91. The van der Waals surface area contributed by atoms with Gasteiger partial charge in [0.15, 0.2) is 0 Å². The van der Waals surface area contributed by atoms with E-state index in [-0.39, 0.29) is 12.2 Å². The molecule has 10 heteroatoms. The summed E-state index contributed by atoms with van der Waals surface area (Å²) in [5.74, 6) is -1.51. The van der Waals surface area contributed by atoms with E-state index < -0.39 is 32.8 Å². The van der Waals surface area contributed by atoms with Crippen molar-refractivity contribution in [3.05, 3.63) is 68.0 Å². The van der Waals surface area contributed by atoms with Crippen molar-refractivity contribution in [2.24, 2.45) is 0 Å². The van der Waals surface area contributed by atoms with Crippen molar-refractivity contribution in [3.8, 4) is 0 Å². The molecule has 0 saturated heterocycles. The molecule has 0 spiro atoms. The molecule has 0 aliphatic heterocycles. The fourth-order valence-corrected chi connectivity index (χ4v) is 1.91. The largest absolute Gasteiger partial charge is 0.478 e. The van der Waals surface area contributed by atoms with Crippen molar-refractivity contribution in [2.45, 2.75) is 6.54 Å². The summed E-state index contributed by atoms with van der Waals surface area (Å²) in [4.78, 5) is 35.3. The lowest BCUT2D eigenvalue weighted by Gasteiger charge is -2.10. The summed E-state index contributed by atoms with van der Waals surface area (Å²) in [6.07, 6.45) is 3.05. The summed E-state index contributed by atoms with van der Waals surface area (Å²) >= 11 is 0. The number of pyridine rings is 1. The molecular formula is C13H10N4O6. The second kappa shape index (κ2) is 6.47. The van der Waals surface area contributed by atoms with Gasteiger partial charge in [0.2, 0.25) is 0 Å². The molecule has 0 aliphatic carbocycles. The Morgan fingerprint density at radius 2 is 2.00 bits per heavy atom. The van der Waals surface area contributed by atoms with Crippen molar-refractivity contribution < 1.29 is 19.7 Å². The molecule has 2 N–H and O–H groups in total. The van der Waals surface area contributed by atoms with E-state index >= 15 is 0 Å². The normalized spacial score (nSPS) is 10.1. The number of nitrogens with zero attached hydrogens (tertiary/aromatic N) is 3. The van der Waals surface area contributed by atoms with Crippen LogP contribution in [0, 0.1) is 20.2 Å². The van der Waals surface area contributed by atoms with Gasteiger partial charge in [0.25, 0.3) is 11.4 Å². The van der Waals surface area contributed by atoms with Gasteiger partial charge in [-0.2, -0.15) is 0 Å². The number of nitro benzene ring substituents is 2. The molecule has 0 saturated carbocycles. The summed E-state index contributed by atoms with van der Waals surface area (Å²) in [7, 11) is 0. The van der Waals surface area contributed by atoms with Crippen molar-refractivity contribution in [1.29, 1.82) is 0 Å². The summed E-state index contributed by atoms with van der Waals surface area (Å²) in [6.45, 7) is 0.0762. The van der Waals surface area contributed by atoms with E-state index in [0.29, 0.717) is 5.56 Å². The van der Waals surface area contributed by atoms with Gasteiger partial charge in [-0.25, -0.2) is 4.79 Å². The molecule has 0 amide bonds. The van der Waals surface area contributed by atoms with Crippen LogP contribution in [0.2, 0.25) is 0 Å². The number of benzene rings is 1. The van der Waals surface area contributed by atoms with E-state index in [1.807, 2.05) is 0 Å². The van der Waals surface area contributed by atoms with Gasteiger partial charge >= 0.3 is 5.97 Å². The van der Waals surface area contributed by atoms with Crippen LogP contribution in [-0.2, 0) is 6.54 Å². The quantitative estimate of drug-likeness (QED) is 0.608. The molecule has 0 fully saturated rings. The number of carbonyl (C=O) groups is 1. The van der Waals surface area contributed by atoms with Crippen LogP contribution in [0.1, 0.15) is 15.9 Å². The van der Waals surface area contributed by atoms with E-state index in [9.17, 15) is 30.1 Å². The first-order chi connectivity index (χ1) is 10.9. The number of anilines is 1. The zero-order valence-corrected chi connectivity index (χ0v) is 11.5. The molecule has 0 unspecified atom stereocenters. The van der Waals surface area contributed by atoms with Crippen molar-refractivity contribution >= 4 is 23.0 Å². The Balaban J connectivity index is 2.48. The predicted molar refractivity (Wildman–Crippen MR) is 78.3 cm³/mol. The van der Waals surface area contributed by atoms with Gasteiger partial charge in [0.05, 0.1) is 21.5 Å². The first kappa shape index (κ1) is 15.8. The molecular weight excluding hydrogens is 308 g/mol. The highest BCUT2D eigenvalue weighted by Crippen LogP contribution is 2.33. The molecule has 0 bridgehead atoms. The van der Waals surface area contributed by atoms with Gasteiger partial charge in [0, 0.05) is 25.0 Å². The maximum atomic E-state index is 11.3. The van der Waals surface area contributed by atoms with E-state index in [1.54, 1.807) is 18.3 Å². The number of carboxylic acids is 1. The Bertz CT molecular complexity index is 742. The maximum absolute atomic E-state index is 11.3. The monoisotopic (exact) mass is 318 g/mol. The predicted octanol–water partition coefficient (Wildman–Crippen LogP) is 2.21. The highest BCUT2D eigenvalue weighted by Gasteiger charge is 2.27. The molecule has 1 heterocycles. The van der Waals surface area contributed by atoms with Gasteiger partial charge in [-0.15, -0.1) is 0 Å². The lowest BCUT2D eigenvalue weighted by molar-refractivity contribution is -0.393. The van der Waals surface area contributed by atoms with Gasteiger partial charge < -0.3 is 10.4 Å². The van der Waals surface area contributed by atoms with Gasteiger partial charge in [-0.1, -0.05) is 6.07 Å². The summed E-state index contributed by atoms with van der Waals surface area (Å²) in [6, 6.07) is 4.84. The Kier molecular flexibility index (Phi) is 4.45. The van der Waals surface area contributed by atoms with Crippen LogP contribution in [0.4, 0.5) is 17.1 Å². The van der Waals surface area contributed by atoms with Crippen molar-refractivity contribution in [2.75, 3.05) is 5.32 Å². The minimum atomic E-state index is -1.51. The number of aromatic carboxylic acids is 1. The number of non-ortho nitro benzene ring substituents is 1. The smallest absolute Gasteiger partial charge is 0.338 e. The van der Waals surface area contributed by atoms with E-state index in [0.717, 1.165) is 12.1 Å². The number of rotatable bonds is 6. The minimum absolute atomic E-state index is 0.0762. The zero-order chi connectivity index (χ0) is 17.0. The Hall–Kier alpha value is -3.56. The summed E-state index contributed by atoms with van der Waals surface area (Å²) in [5, 5.41) is 33.7. The topological polar surface area (TPSA) is 148 Å². The molecule has 118 valence electrons. The first-order valence-corrected chi connectivity index (χ1v) is 6.23. The zero-order valence-electron chi connectivity index (χ0n) is 11.5. The standard InChI is InChI=1S/C13H10N4O6/c18-13(19)10-4-9(16(20)21)5-11(17(22)23)12(10)15-7-8-2-1-3-14-6-8/h1-6,15H,7H2,(H,18,19). The van der Waals surface area contributed by atoms with Crippen molar-refractivity contribution in [3.63, 3.8) is 0 Å². The van der Waals surface area contributed by atoms with Crippen LogP contribution in [0.25, 0.3) is 0 Å². The summed E-state index contributed by atoms with van der Waals surface area (Å²) < 4.78 is 0. The first-order valence-electron chi connectivity index (χ1n) is 6.23. The number of hydrogen-bond acceptors (Lipinski definition) is 7. The van der Waals surface area contributed by atoms with Crippen LogP contribution in [0.3, 0.4) is 0 Å². The fraction of sp³-hybridized carbons (Fsp3) is 0.0769. The highest BCUT2D eigenvalue weighted by atomic mass is 16.6. The second-order valence-corrected chi connectivity index (χ2v) is 4.42. The number of nitro groups is 2. The van der Waals surface area contributed by atoms with Gasteiger partial charge in [0.1, 0.15) is 5.69 Å². The van der Waals surface area contributed by atoms with E-state index in [1.165, 1.54) is 6.20 Å². The maximum Gasteiger partial charge on any atom is 0.338 e. The molecule has 2 rings (SSSR count). The molecule has 10 nitrogen and oxygen atoms in total. The molecule has 1 aromatic heterocycles. The average molecular weight is 318 g/mol. The molecule has 0 aliphatic rings. The molecule has 0 radical (unpaired) electrons. The van der Waals surface area contributed by atoms with E-state index in [2.05, 4.69) is 10.3 Å². The molecule has 23 heavy (non-hydrogen) atoms. The number of hydrogen-bond donors (Lipinski definition) is 2. The summed E-state index contributed by atoms with van der Waals surface area (Å²) in [5.41, 5.74) is -1.52. The number of carboxylic acid groups (broad SMARTS) is 1. The number of nitrogens with one attached hydrogen (secondary N) is 1. The van der Waals surface area contributed by atoms with Crippen LogP contribution >= 0.6 is 0 Å².